The van der Waals surface area contributed by atoms with Crippen LogP contribution in [-0.4, -0.2) is 53.0 Å². The Hall–Kier alpha value is -3.42. The number of hydrogen-bond donors (Lipinski definition) is 1. The average Bonchev–Trinajstić information content (AvgIpc) is 2.92. The highest BCUT2D eigenvalue weighted by molar-refractivity contribution is 6.30. The first-order chi connectivity index (χ1) is 18.0. The third-order valence-corrected chi connectivity index (χ3v) is 7.36. The number of rotatable bonds is 5. The zero-order valence-electron chi connectivity index (χ0n) is 21.7. The fourth-order valence-corrected chi connectivity index (χ4v) is 5.46. The molecule has 3 unspecified atom stereocenters. The van der Waals surface area contributed by atoms with Crippen molar-refractivity contribution >= 4 is 45.8 Å². The van der Waals surface area contributed by atoms with Crippen LogP contribution in [0.15, 0.2) is 60.7 Å². The van der Waals surface area contributed by atoms with E-state index in [9.17, 15) is 19.5 Å². The second kappa shape index (κ2) is 10.0. The highest BCUT2D eigenvalue weighted by Gasteiger charge is 2.43. The van der Waals surface area contributed by atoms with Gasteiger partial charge in [-0.15, -0.1) is 0 Å². The van der Waals surface area contributed by atoms with Crippen molar-refractivity contribution in [3.8, 4) is 0 Å². The van der Waals surface area contributed by atoms with Gasteiger partial charge in [0.05, 0.1) is 6.42 Å². The van der Waals surface area contributed by atoms with E-state index in [1.54, 1.807) is 11.0 Å². The molecule has 1 fully saturated rings. The molecule has 7 nitrogen and oxygen atoms in total. The van der Waals surface area contributed by atoms with Gasteiger partial charge in [-0.25, -0.2) is 4.79 Å². The van der Waals surface area contributed by atoms with Crippen molar-refractivity contribution in [2.24, 2.45) is 5.41 Å². The van der Waals surface area contributed by atoms with Gasteiger partial charge in [0.15, 0.2) is 0 Å². The summed E-state index contributed by atoms with van der Waals surface area (Å²) in [4.78, 5) is 41.9. The molecule has 0 aromatic heterocycles. The molecule has 1 N–H and O–H groups in total. The van der Waals surface area contributed by atoms with Gasteiger partial charge in [-0.3, -0.25) is 9.59 Å². The molecule has 0 radical (unpaired) electrons. The van der Waals surface area contributed by atoms with Crippen LogP contribution in [0.3, 0.4) is 0 Å². The molecule has 38 heavy (non-hydrogen) atoms. The Balaban J connectivity index is 1.63. The number of nitrogens with zero attached hydrogens (tertiary/aromatic N) is 2. The Morgan fingerprint density at radius 3 is 2.47 bits per heavy atom. The van der Waals surface area contributed by atoms with Gasteiger partial charge in [0, 0.05) is 29.4 Å². The number of fused-ring (bicyclic) bond motifs is 2. The molecule has 2 aliphatic rings. The molecule has 2 heterocycles. The first-order valence-corrected chi connectivity index (χ1v) is 13.2. The van der Waals surface area contributed by atoms with E-state index in [2.05, 4.69) is 0 Å². The third kappa shape index (κ3) is 5.00. The van der Waals surface area contributed by atoms with E-state index >= 15 is 0 Å². The average molecular weight is 535 g/mol. The number of halogens is 1. The van der Waals surface area contributed by atoms with Crippen LogP contribution in [0.2, 0.25) is 5.02 Å². The number of carbonyl (C=O) groups excluding carboxylic acids is 2. The van der Waals surface area contributed by atoms with Crippen LogP contribution in [0.4, 0.5) is 5.69 Å². The Morgan fingerprint density at radius 1 is 1.05 bits per heavy atom. The van der Waals surface area contributed by atoms with E-state index in [-0.39, 0.29) is 17.7 Å². The summed E-state index contributed by atoms with van der Waals surface area (Å²) >= 11 is 6.48. The summed E-state index contributed by atoms with van der Waals surface area (Å²) in [6.45, 7) is 6.88. The SMILES string of the molecule is CC(C)(C)CN1C(=O)C(CC(=O)N2CCC2C(=O)O)OC(c2cccc3ccccc23)c2cc(Cl)ccc21. The van der Waals surface area contributed by atoms with Gasteiger partial charge in [-0.1, -0.05) is 74.8 Å². The van der Waals surface area contributed by atoms with Crippen LogP contribution in [0.25, 0.3) is 10.8 Å². The van der Waals surface area contributed by atoms with Gasteiger partial charge in [-0.2, -0.15) is 0 Å². The molecule has 2 aliphatic heterocycles. The van der Waals surface area contributed by atoms with Crippen molar-refractivity contribution in [1.29, 1.82) is 0 Å². The molecule has 0 bridgehead atoms. The summed E-state index contributed by atoms with van der Waals surface area (Å²) in [5.74, 6) is -1.77. The van der Waals surface area contributed by atoms with Crippen LogP contribution in [0.5, 0.6) is 0 Å². The molecular weight excluding hydrogens is 504 g/mol. The third-order valence-electron chi connectivity index (χ3n) is 7.13. The molecule has 3 atom stereocenters. The number of anilines is 1. The molecule has 3 aromatic carbocycles. The smallest absolute Gasteiger partial charge is 0.326 e. The topological polar surface area (TPSA) is 87.2 Å². The van der Waals surface area contributed by atoms with Gasteiger partial charge < -0.3 is 19.6 Å². The number of hydrogen-bond acceptors (Lipinski definition) is 4. The summed E-state index contributed by atoms with van der Waals surface area (Å²) in [6, 6.07) is 18.4. The number of aliphatic carboxylic acids is 1. The number of benzene rings is 3. The fraction of sp³-hybridized carbons (Fsp3) is 0.367. The van der Waals surface area contributed by atoms with Crippen LogP contribution >= 0.6 is 11.6 Å². The number of carboxylic acids is 1. The molecule has 5 rings (SSSR count). The highest BCUT2D eigenvalue weighted by atomic mass is 35.5. The number of ether oxygens (including phenoxy) is 1. The zero-order valence-corrected chi connectivity index (χ0v) is 22.4. The number of carbonyl (C=O) groups is 3. The van der Waals surface area contributed by atoms with E-state index in [0.29, 0.717) is 30.2 Å². The van der Waals surface area contributed by atoms with Gasteiger partial charge in [0.1, 0.15) is 18.2 Å². The maximum absolute atomic E-state index is 14.1. The van der Waals surface area contributed by atoms with Crippen molar-refractivity contribution in [3.63, 3.8) is 0 Å². The van der Waals surface area contributed by atoms with Crippen molar-refractivity contribution in [3.05, 3.63) is 76.8 Å². The van der Waals surface area contributed by atoms with Crippen molar-refractivity contribution in [2.75, 3.05) is 18.0 Å². The van der Waals surface area contributed by atoms with E-state index in [0.717, 1.165) is 21.9 Å². The lowest BCUT2D eigenvalue weighted by molar-refractivity contribution is -0.159. The molecule has 8 heteroatoms. The standard InChI is InChI=1S/C30H31ClN2O5/c1-30(2,3)17-33-23-12-11-19(31)15-22(23)27(21-10-6-8-18-7-4-5-9-20(18)21)38-25(28(33)35)16-26(34)32-14-13-24(32)29(36)37/h4-12,15,24-25,27H,13-14,16-17H2,1-3H3,(H,36,37). The molecular formula is C30H31ClN2O5. The number of likely N-dealkylation sites (tertiary alicyclic amines) is 1. The van der Waals surface area contributed by atoms with Crippen LogP contribution < -0.4 is 4.90 Å². The molecule has 0 spiro atoms. The van der Waals surface area contributed by atoms with Crippen LogP contribution in [0, 0.1) is 5.41 Å². The minimum atomic E-state index is -1.10. The van der Waals surface area contributed by atoms with Gasteiger partial charge >= 0.3 is 5.97 Å². The summed E-state index contributed by atoms with van der Waals surface area (Å²) in [6.07, 6.45) is -1.62. The lowest BCUT2D eigenvalue weighted by atomic mass is 9.93. The Morgan fingerprint density at radius 2 is 1.79 bits per heavy atom. The zero-order chi connectivity index (χ0) is 27.2. The Bertz CT molecular complexity index is 1410. The predicted molar refractivity (Wildman–Crippen MR) is 146 cm³/mol. The molecule has 0 aliphatic carbocycles. The van der Waals surface area contributed by atoms with E-state index in [1.165, 1.54) is 4.90 Å². The maximum Gasteiger partial charge on any atom is 0.326 e. The van der Waals surface area contributed by atoms with Crippen LogP contribution in [-0.2, 0) is 19.1 Å². The predicted octanol–water partition coefficient (Wildman–Crippen LogP) is 5.44. The van der Waals surface area contributed by atoms with Crippen molar-refractivity contribution in [1.82, 2.24) is 4.90 Å². The number of amides is 2. The molecule has 0 saturated carbocycles. The Labute approximate surface area is 226 Å². The first kappa shape index (κ1) is 26.2. The second-order valence-corrected chi connectivity index (χ2v) is 11.6. The summed E-state index contributed by atoms with van der Waals surface area (Å²) in [5, 5.41) is 12.0. The summed E-state index contributed by atoms with van der Waals surface area (Å²) in [5.41, 5.74) is 2.05. The van der Waals surface area contributed by atoms with Gasteiger partial charge in [-0.05, 0) is 46.4 Å². The second-order valence-electron chi connectivity index (χ2n) is 11.2. The maximum atomic E-state index is 14.1. The monoisotopic (exact) mass is 534 g/mol. The van der Waals surface area contributed by atoms with Crippen molar-refractivity contribution < 1.29 is 24.2 Å². The van der Waals surface area contributed by atoms with Crippen molar-refractivity contribution in [2.45, 2.75) is 51.9 Å². The summed E-state index contributed by atoms with van der Waals surface area (Å²) < 4.78 is 6.58. The largest absolute Gasteiger partial charge is 0.480 e. The van der Waals surface area contributed by atoms with E-state index in [1.807, 2.05) is 75.4 Å². The number of carboxylic acid groups (broad SMARTS) is 1. The Kier molecular flexibility index (Phi) is 6.92. The minimum absolute atomic E-state index is 0.244. The summed E-state index contributed by atoms with van der Waals surface area (Å²) in [7, 11) is 0. The first-order valence-electron chi connectivity index (χ1n) is 12.8. The minimum Gasteiger partial charge on any atom is -0.480 e. The van der Waals surface area contributed by atoms with Gasteiger partial charge in [0.2, 0.25) is 5.91 Å². The highest BCUT2D eigenvalue weighted by Crippen LogP contribution is 2.43. The lowest BCUT2D eigenvalue weighted by Crippen LogP contribution is -2.56. The molecule has 3 aromatic rings. The fourth-order valence-electron chi connectivity index (χ4n) is 5.28. The van der Waals surface area contributed by atoms with Crippen LogP contribution in [0.1, 0.15) is 50.8 Å². The molecule has 2 amide bonds. The molecule has 1 saturated heterocycles. The van der Waals surface area contributed by atoms with E-state index < -0.39 is 30.1 Å². The normalized spacial score (nSPS) is 21.6. The molecule has 198 valence electrons. The lowest BCUT2D eigenvalue weighted by Gasteiger charge is -2.39. The quantitative estimate of drug-likeness (QED) is 0.471. The van der Waals surface area contributed by atoms with Gasteiger partial charge in [0.25, 0.3) is 5.91 Å². The van der Waals surface area contributed by atoms with E-state index in [4.69, 9.17) is 16.3 Å².